The lowest BCUT2D eigenvalue weighted by Gasteiger charge is -2.26. The van der Waals surface area contributed by atoms with Gasteiger partial charge in [0.1, 0.15) is 17.7 Å². The molecule has 0 unspecified atom stereocenters. The fraction of sp³-hybridized carbons (Fsp3) is 0.538. The van der Waals surface area contributed by atoms with Gasteiger partial charge in [0.05, 0.1) is 6.33 Å². The fourth-order valence-electron chi connectivity index (χ4n) is 3.18. The predicted octanol–water partition coefficient (Wildman–Crippen LogP) is 1.23. The maximum atomic E-state index is 5.75. The molecule has 7 nitrogen and oxygen atoms in total. The highest BCUT2D eigenvalue weighted by Gasteiger charge is 2.25. The molecule has 0 spiro atoms. The van der Waals surface area contributed by atoms with Crippen LogP contribution in [0, 0.1) is 5.92 Å². The average Bonchev–Trinajstić information content (AvgIpc) is 3.13. The van der Waals surface area contributed by atoms with Gasteiger partial charge in [0.25, 0.3) is 0 Å². The molecule has 1 aliphatic carbocycles. The molecule has 0 radical (unpaired) electrons. The Morgan fingerprint density at radius 1 is 1.20 bits per heavy atom. The van der Waals surface area contributed by atoms with Gasteiger partial charge >= 0.3 is 0 Å². The van der Waals surface area contributed by atoms with Gasteiger partial charge in [-0.05, 0) is 38.1 Å². The van der Waals surface area contributed by atoms with Crippen molar-refractivity contribution in [2.75, 3.05) is 6.54 Å². The number of rotatable bonds is 2. The largest absolute Gasteiger partial charge is 0.340 e. The lowest BCUT2D eigenvalue weighted by molar-refractivity contribution is 0.324. The van der Waals surface area contributed by atoms with Crippen LogP contribution in [0.25, 0.3) is 16.8 Å². The zero-order chi connectivity index (χ0) is 13.5. The Hall–Kier alpha value is -2.02. The van der Waals surface area contributed by atoms with Crippen molar-refractivity contribution >= 4 is 16.8 Å². The molecular formula is C13H17N7. The molecular weight excluding hydrogens is 254 g/mol. The summed E-state index contributed by atoms with van der Waals surface area (Å²) >= 11 is 0. The summed E-state index contributed by atoms with van der Waals surface area (Å²) in [5.41, 5.74) is 8.10. The van der Waals surface area contributed by atoms with E-state index in [4.69, 9.17) is 5.73 Å². The summed E-state index contributed by atoms with van der Waals surface area (Å²) in [5, 5.41) is 8.70. The number of nitrogens with one attached hydrogen (secondary N) is 1. The van der Waals surface area contributed by atoms with Gasteiger partial charge in [-0.1, -0.05) is 0 Å². The Morgan fingerprint density at radius 2 is 2.05 bits per heavy atom. The maximum Gasteiger partial charge on any atom is 0.189 e. The van der Waals surface area contributed by atoms with Crippen molar-refractivity contribution in [2.45, 2.75) is 31.6 Å². The fourth-order valence-corrected chi connectivity index (χ4v) is 3.18. The molecule has 3 aromatic rings. The van der Waals surface area contributed by atoms with E-state index in [1.165, 1.54) is 12.8 Å². The molecule has 3 aromatic heterocycles. The second-order valence-corrected chi connectivity index (χ2v) is 5.55. The molecule has 4 rings (SSSR count). The van der Waals surface area contributed by atoms with Gasteiger partial charge < -0.3 is 10.7 Å². The molecule has 0 aliphatic heterocycles. The Balaban J connectivity index is 1.73. The molecule has 7 heteroatoms. The normalized spacial score (nSPS) is 23.6. The van der Waals surface area contributed by atoms with E-state index in [0.29, 0.717) is 17.5 Å². The van der Waals surface area contributed by atoms with Crippen LogP contribution < -0.4 is 5.73 Å². The maximum absolute atomic E-state index is 5.75. The minimum absolute atomic E-state index is 0.454. The third-order valence-corrected chi connectivity index (χ3v) is 4.41. The average molecular weight is 271 g/mol. The zero-order valence-corrected chi connectivity index (χ0v) is 11.2. The molecule has 0 atom stereocenters. The highest BCUT2D eigenvalue weighted by molar-refractivity contribution is 5.84. The van der Waals surface area contributed by atoms with Crippen LogP contribution in [0.2, 0.25) is 0 Å². The molecule has 104 valence electrons. The van der Waals surface area contributed by atoms with Crippen LogP contribution in [-0.4, -0.2) is 36.1 Å². The van der Waals surface area contributed by atoms with Crippen LogP contribution in [0.15, 0.2) is 12.7 Å². The molecule has 0 aromatic carbocycles. The Bertz CT molecular complexity index is 735. The first-order valence-corrected chi connectivity index (χ1v) is 7.09. The van der Waals surface area contributed by atoms with E-state index in [1.54, 1.807) is 12.7 Å². The first kappa shape index (κ1) is 11.8. The van der Waals surface area contributed by atoms with Crippen molar-refractivity contribution in [3.05, 3.63) is 18.5 Å². The van der Waals surface area contributed by atoms with Crippen LogP contribution in [0.4, 0.5) is 0 Å². The zero-order valence-electron chi connectivity index (χ0n) is 11.2. The Labute approximate surface area is 115 Å². The van der Waals surface area contributed by atoms with E-state index < -0.39 is 0 Å². The van der Waals surface area contributed by atoms with Crippen LogP contribution in [-0.2, 0) is 0 Å². The van der Waals surface area contributed by atoms with E-state index in [2.05, 4.69) is 25.1 Å². The van der Waals surface area contributed by atoms with E-state index in [1.807, 2.05) is 4.40 Å². The minimum atomic E-state index is 0.454. The van der Waals surface area contributed by atoms with Gasteiger partial charge in [-0.15, -0.1) is 10.2 Å². The van der Waals surface area contributed by atoms with Crippen LogP contribution >= 0.6 is 0 Å². The van der Waals surface area contributed by atoms with Crippen molar-refractivity contribution in [1.82, 2.24) is 29.5 Å². The van der Waals surface area contributed by atoms with Crippen molar-refractivity contribution in [1.29, 1.82) is 0 Å². The lowest BCUT2D eigenvalue weighted by atomic mass is 9.82. The highest BCUT2D eigenvalue weighted by Crippen LogP contribution is 2.34. The number of hydrogen-bond acceptors (Lipinski definition) is 5. The van der Waals surface area contributed by atoms with Gasteiger partial charge in [-0.25, -0.2) is 9.97 Å². The number of nitrogens with zero attached hydrogens (tertiary/aromatic N) is 5. The molecule has 1 aliphatic rings. The standard InChI is InChI=1S/C13H17N7/c14-5-8-1-3-9(4-2-8)12-18-19-13-10-11(16-6-15-10)17-7-20(12)13/h6-9H,1-5,14H2,(H,15,16). The molecule has 20 heavy (non-hydrogen) atoms. The Morgan fingerprint density at radius 3 is 2.85 bits per heavy atom. The van der Waals surface area contributed by atoms with Crippen LogP contribution in [0.1, 0.15) is 37.4 Å². The first-order valence-electron chi connectivity index (χ1n) is 7.09. The molecule has 1 fully saturated rings. The van der Waals surface area contributed by atoms with Crippen molar-refractivity contribution in [3.8, 4) is 0 Å². The third kappa shape index (κ3) is 1.70. The number of imidazole rings is 1. The number of H-pyrrole nitrogens is 1. The van der Waals surface area contributed by atoms with Gasteiger partial charge in [-0.2, -0.15) is 0 Å². The highest BCUT2D eigenvalue weighted by atomic mass is 15.3. The summed E-state index contributed by atoms with van der Waals surface area (Å²) < 4.78 is 1.99. The van der Waals surface area contributed by atoms with Crippen molar-refractivity contribution < 1.29 is 0 Å². The summed E-state index contributed by atoms with van der Waals surface area (Å²) in [6, 6.07) is 0. The van der Waals surface area contributed by atoms with Crippen LogP contribution in [0.5, 0.6) is 0 Å². The van der Waals surface area contributed by atoms with Gasteiger partial charge in [0.2, 0.25) is 0 Å². The quantitative estimate of drug-likeness (QED) is 0.730. The molecule has 0 saturated heterocycles. The summed E-state index contributed by atoms with van der Waals surface area (Å²) in [6.07, 6.45) is 8.03. The molecule has 3 N–H and O–H groups in total. The van der Waals surface area contributed by atoms with E-state index in [9.17, 15) is 0 Å². The van der Waals surface area contributed by atoms with Gasteiger partial charge in [-0.3, -0.25) is 4.40 Å². The summed E-state index contributed by atoms with van der Waals surface area (Å²) in [6.45, 7) is 0.795. The van der Waals surface area contributed by atoms with Crippen molar-refractivity contribution in [3.63, 3.8) is 0 Å². The third-order valence-electron chi connectivity index (χ3n) is 4.41. The molecule has 3 heterocycles. The number of hydrogen-bond donors (Lipinski definition) is 2. The number of aromatic nitrogens is 6. The summed E-state index contributed by atoms with van der Waals surface area (Å²) in [7, 11) is 0. The second-order valence-electron chi connectivity index (χ2n) is 5.55. The van der Waals surface area contributed by atoms with Gasteiger partial charge in [0, 0.05) is 5.92 Å². The molecule has 0 bridgehead atoms. The van der Waals surface area contributed by atoms with E-state index in [0.717, 1.165) is 36.4 Å². The summed E-state index contributed by atoms with van der Waals surface area (Å²) in [5.74, 6) is 2.14. The SMILES string of the molecule is NCC1CCC(c2nnc3c4[nH]cnc4ncn23)CC1. The number of fused-ring (bicyclic) bond motifs is 3. The minimum Gasteiger partial charge on any atom is -0.340 e. The first-order chi connectivity index (χ1) is 9.86. The second kappa shape index (κ2) is 4.52. The van der Waals surface area contributed by atoms with E-state index >= 15 is 0 Å². The van der Waals surface area contributed by atoms with Gasteiger partial charge in [0.15, 0.2) is 11.3 Å². The topological polar surface area (TPSA) is 97.8 Å². The molecule has 1 saturated carbocycles. The molecule has 0 amide bonds. The lowest BCUT2D eigenvalue weighted by Crippen LogP contribution is -2.21. The number of nitrogens with two attached hydrogens (primary N) is 1. The summed E-state index contributed by atoms with van der Waals surface area (Å²) in [4.78, 5) is 11.6. The van der Waals surface area contributed by atoms with Crippen LogP contribution in [0.3, 0.4) is 0 Å². The smallest absolute Gasteiger partial charge is 0.189 e. The number of aromatic amines is 1. The van der Waals surface area contributed by atoms with Crippen molar-refractivity contribution in [2.24, 2.45) is 11.7 Å². The van der Waals surface area contributed by atoms with E-state index in [-0.39, 0.29) is 0 Å². The monoisotopic (exact) mass is 271 g/mol. The predicted molar refractivity (Wildman–Crippen MR) is 74.2 cm³/mol. The Kier molecular flexibility index (Phi) is 2.66.